The molecule has 32 heavy (non-hydrogen) atoms. The molecule has 1 unspecified atom stereocenters. The lowest BCUT2D eigenvalue weighted by Gasteiger charge is -2.34. The molecule has 0 N–H and O–H groups in total. The Bertz CT molecular complexity index is 1280. The molecule has 5 rings (SSSR count). The average Bonchev–Trinajstić information content (AvgIpc) is 3.50. The number of aryl methyl sites for hydroxylation is 1. The van der Waals surface area contributed by atoms with Crippen LogP contribution in [0, 0.1) is 0 Å². The number of ether oxygens (including phenoxy) is 1. The van der Waals surface area contributed by atoms with Crippen LogP contribution < -0.4 is 5.56 Å². The summed E-state index contributed by atoms with van der Waals surface area (Å²) in [6.07, 6.45) is 5.14. The Balaban J connectivity index is 1.49. The highest BCUT2D eigenvalue weighted by Gasteiger charge is 2.41. The summed E-state index contributed by atoms with van der Waals surface area (Å²) in [4.78, 5) is 41.1. The first-order chi connectivity index (χ1) is 15.4. The number of benzene rings is 1. The molecular formula is C24H28N4O4. The van der Waals surface area contributed by atoms with E-state index >= 15 is 0 Å². The molecule has 2 heterocycles. The SMILES string of the molecule is CCOC(=O)n1c2c(c(=O)n1C)CC(N(C(=O)c1cccc3c1ccn3C)C1CC1)CC2. The summed E-state index contributed by atoms with van der Waals surface area (Å²) in [6, 6.07) is 7.97. The topological polar surface area (TPSA) is 78.5 Å². The van der Waals surface area contributed by atoms with Gasteiger partial charge < -0.3 is 14.2 Å². The minimum Gasteiger partial charge on any atom is -0.448 e. The average molecular weight is 437 g/mol. The van der Waals surface area contributed by atoms with Gasteiger partial charge in [-0.1, -0.05) is 6.07 Å². The molecule has 0 radical (unpaired) electrons. The summed E-state index contributed by atoms with van der Waals surface area (Å²) in [7, 11) is 3.56. The fraction of sp³-hybridized carbons (Fsp3) is 0.458. The van der Waals surface area contributed by atoms with Gasteiger partial charge in [-0.15, -0.1) is 0 Å². The summed E-state index contributed by atoms with van der Waals surface area (Å²) in [5.41, 5.74) is 2.87. The quantitative estimate of drug-likeness (QED) is 0.630. The van der Waals surface area contributed by atoms with Crippen molar-refractivity contribution in [2.75, 3.05) is 6.61 Å². The monoisotopic (exact) mass is 436 g/mol. The lowest BCUT2D eigenvalue weighted by Crippen LogP contribution is -2.45. The number of fused-ring (bicyclic) bond motifs is 2. The Morgan fingerprint density at radius 1 is 1.12 bits per heavy atom. The van der Waals surface area contributed by atoms with Crippen molar-refractivity contribution in [3.05, 3.63) is 57.6 Å². The second kappa shape index (κ2) is 7.69. The maximum Gasteiger partial charge on any atom is 0.433 e. The van der Waals surface area contributed by atoms with Crippen LogP contribution in [-0.4, -0.2) is 49.5 Å². The molecule has 3 aromatic rings. The second-order valence-electron chi connectivity index (χ2n) is 8.77. The van der Waals surface area contributed by atoms with Crippen molar-refractivity contribution in [3.8, 4) is 0 Å². The van der Waals surface area contributed by atoms with Crippen LogP contribution in [-0.2, 0) is 31.7 Å². The van der Waals surface area contributed by atoms with E-state index in [0.29, 0.717) is 36.1 Å². The first-order valence-corrected chi connectivity index (χ1v) is 11.3. The zero-order valence-electron chi connectivity index (χ0n) is 18.7. The molecule has 1 aromatic carbocycles. The predicted molar refractivity (Wildman–Crippen MR) is 120 cm³/mol. The maximum atomic E-state index is 13.8. The van der Waals surface area contributed by atoms with Gasteiger partial charge in [0.05, 0.1) is 12.3 Å². The van der Waals surface area contributed by atoms with Crippen molar-refractivity contribution >= 4 is 22.9 Å². The molecule has 8 nitrogen and oxygen atoms in total. The van der Waals surface area contributed by atoms with E-state index in [4.69, 9.17) is 4.74 Å². The van der Waals surface area contributed by atoms with Gasteiger partial charge in [0.2, 0.25) is 0 Å². The zero-order valence-corrected chi connectivity index (χ0v) is 18.7. The molecule has 1 atom stereocenters. The summed E-state index contributed by atoms with van der Waals surface area (Å²) in [5.74, 6) is 0.0272. The summed E-state index contributed by atoms with van der Waals surface area (Å²) in [6.45, 7) is 1.99. The molecule has 2 aliphatic rings. The molecule has 1 fully saturated rings. The third kappa shape index (κ3) is 3.16. The van der Waals surface area contributed by atoms with Gasteiger partial charge in [0.15, 0.2) is 0 Å². The smallest absolute Gasteiger partial charge is 0.433 e. The van der Waals surface area contributed by atoms with Crippen LogP contribution in [0.15, 0.2) is 35.3 Å². The Morgan fingerprint density at radius 2 is 1.91 bits per heavy atom. The second-order valence-corrected chi connectivity index (χ2v) is 8.77. The molecular weight excluding hydrogens is 408 g/mol. The van der Waals surface area contributed by atoms with Gasteiger partial charge in [0, 0.05) is 60.8 Å². The van der Waals surface area contributed by atoms with Crippen molar-refractivity contribution in [2.45, 2.75) is 51.1 Å². The lowest BCUT2D eigenvalue weighted by molar-refractivity contribution is 0.0643. The largest absolute Gasteiger partial charge is 0.448 e. The highest BCUT2D eigenvalue weighted by Crippen LogP contribution is 2.35. The number of amides is 1. The van der Waals surface area contributed by atoms with E-state index in [1.807, 2.05) is 47.0 Å². The highest BCUT2D eigenvalue weighted by atomic mass is 16.6. The Morgan fingerprint density at radius 3 is 2.62 bits per heavy atom. The predicted octanol–water partition coefficient (Wildman–Crippen LogP) is 2.85. The fourth-order valence-electron chi connectivity index (χ4n) is 5.09. The number of aromatic nitrogens is 3. The van der Waals surface area contributed by atoms with Crippen molar-refractivity contribution < 1.29 is 14.3 Å². The van der Waals surface area contributed by atoms with Crippen LogP contribution in [0.5, 0.6) is 0 Å². The molecule has 1 amide bonds. The first kappa shape index (κ1) is 20.6. The molecule has 0 saturated heterocycles. The zero-order chi connectivity index (χ0) is 22.6. The molecule has 1 saturated carbocycles. The van der Waals surface area contributed by atoms with Gasteiger partial charge in [-0.3, -0.25) is 9.59 Å². The van der Waals surface area contributed by atoms with Crippen molar-refractivity contribution in [1.29, 1.82) is 0 Å². The number of nitrogens with zero attached hydrogens (tertiary/aromatic N) is 4. The minimum atomic E-state index is -0.530. The molecule has 168 valence electrons. The summed E-state index contributed by atoms with van der Waals surface area (Å²) < 4.78 is 9.85. The van der Waals surface area contributed by atoms with Crippen LogP contribution in [0.3, 0.4) is 0 Å². The normalized spacial score (nSPS) is 17.9. The van der Waals surface area contributed by atoms with Gasteiger partial charge in [-0.05, 0) is 50.8 Å². The van der Waals surface area contributed by atoms with Crippen LogP contribution in [0.2, 0.25) is 0 Å². The Kier molecular flexibility index (Phi) is 4.95. The van der Waals surface area contributed by atoms with Crippen molar-refractivity contribution in [3.63, 3.8) is 0 Å². The lowest BCUT2D eigenvalue weighted by atomic mass is 9.91. The number of hydrogen-bond acceptors (Lipinski definition) is 4. The molecule has 0 bridgehead atoms. The van der Waals surface area contributed by atoms with Gasteiger partial charge in [0.25, 0.3) is 11.5 Å². The highest BCUT2D eigenvalue weighted by molar-refractivity contribution is 6.06. The molecule has 2 aliphatic carbocycles. The van der Waals surface area contributed by atoms with Gasteiger partial charge in [-0.25, -0.2) is 9.48 Å². The number of carbonyl (C=O) groups excluding carboxylic acids is 2. The van der Waals surface area contributed by atoms with Crippen LogP contribution >= 0.6 is 0 Å². The van der Waals surface area contributed by atoms with E-state index in [1.165, 1.54) is 9.36 Å². The van der Waals surface area contributed by atoms with E-state index in [-0.39, 0.29) is 30.2 Å². The van der Waals surface area contributed by atoms with Gasteiger partial charge >= 0.3 is 6.09 Å². The van der Waals surface area contributed by atoms with E-state index < -0.39 is 6.09 Å². The molecule has 0 aliphatic heterocycles. The minimum absolute atomic E-state index is 0.0272. The van der Waals surface area contributed by atoms with Crippen molar-refractivity contribution in [2.24, 2.45) is 14.1 Å². The van der Waals surface area contributed by atoms with E-state index in [0.717, 1.165) is 23.7 Å². The summed E-state index contributed by atoms with van der Waals surface area (Å²) in [5, 5.41) is 0.950. The maximum absolute atomic E-state index is 13.8. The number of carbonyl (C=O) groups is 2. The standard InChI is InChI=1S/C24H28N4O4/c1-4-32-24(31)28-21-11-10-16(14-19(21)22(29)26(28)3)27(15-8-9-15)23(30)18-6-5-7-20-17(18)12-13-25(20)2/h5-7,12-13,15-16H,4,8-11,14H2,1-3H3. The Hall–Kier alpha value is -3.29. The Labute approximate surface area is 185 Å². The van der Waals surface area contributed by atoms with Gasteiger partial charge in [-0.2, -0.15) is 4.68 Å². The van der Waals surface area contributed by atoms with Crippen LogP contribution in [0.1, 0.15) is 47.8 Å². The van der Waals surface area contributed by atoms with E-state index in [9.17, 15) is 14.4 Å². The first-order valence-electron chi connectivity index (χ1n) is 11.3. The third-order valence-corrected chi connectivity index (χ3v) is 6.78. The molecule has 8 heteroatoms. The van der Waals surface area contributed by atoms with Crippen molar-refractivity contribution in [1.82, 2.24) is 18.8 Å². The molecule has 2 aromatic heterocycles. The van der Waals surface area contributed by atoms with E-state index in [2.05, 4.69) is 0 Å². The molecule has 0 spiro atoms. The summed E-state index contributed by atoms with van der Waals surface area (Å²) >= 11 is 0. The third-order valence-electron chi connectivity index (χ3n) is 6.78. The number of rotatable bonds is 4. The fourth-order valence-corrected chi connectivity index (χ4v) is 5.09. The van der Waals surface area contributed by atoms with E-state index in [1.54, 1.807) is 14.0 Å². The van der Waals surface area contributed by atoms with Gasteiger partial charge in [0.1, 0.15) is 0 Å². The van der Waals surface area contributed by atoms with Crippen LogP contribution in [0.25, 0.3) is 10.9 Å². The van der Waals surface area contributed by atoms with Crippen LogP contribution in [0.4, 0.5) is 4.79 Å². The number of hydrogen-bond donors (Lipinski definition) is 0.